The van der Waals surface area contributed by atoms with E-state index in [0.717, 1.165) is 38.3 Å². The molecule has 0 aromatic rings. The summed E-state index contributed by atoms with van der Waals surface area (Å²) >= 11 is 0. The van der Waals surface area contributed by atoms with Crippen molar-refractivity contribution in [1.29, 1.82) is 0 Å². The maximum absolute atomic E-state index is 11.9. The van der Waals surface area contributed by atoms with Gasteiger partial charge in [-0.2, -0.15) is 0 Å². The monoisotopic (exact) mass is 209 g/mol. The van der Waals surface area contributed by atoms with Crippen LogP contribution >= 0.6 is 0 Å². The van der Waals surface area contributed by atoms with E-state index in [4.69, 9.17) is 0 Å². The number of ketones is 1. The normalized spacial score (nSPS) is 28.1. The van der Waals surface area contributed by atoms with Crippen LogP contribution in [0.4, 0.5) is 0 Å². The Morgan fingerprint density at radius 2 is 1.93 bits per heavy atom. The number of piperidine rings is 1. The number of hydrogen-bond donors (Lipinski definition) is 1. The molecule has 0 amide bonds. The smallest absolute Gasteiger partial charge is 0.137 e. The van der Waals surface area contributed by atoms with Crippen molar-refractivity contribution in [2.24, 2.45) is 11.8 Å². The van der Waals surface area contributed by atoms with E-state index in [2.05, 4.69) is 5.32 Å². The molecule has 2 rings (SSSR count). The van der Waals surface area contributed by atoms with Crippen molar-refractivity contribution < 1.29 is 4.79 Å². The van der Waals surface area contributed by atoms with Crippen molar-refractivity contribution in [3.8, 4) is 0 Å². The molecule has 1 aliphatic heterocycles. The summed E-state index contributed by atoms with van der Waals surface area (Å²) in [5.74, 6) is 1.72. The second-order valence-electron chi connectivity index (χ2n) is 5.20. The van der Waals surface area contributed by atoms with Gasteiger partial charge in [0.05, 0.1) is 0 Å². The van der Waals surface area contributed by atoms with Crippen LogP contribution in [0.1, 0.15) is 51.4 Å². The topological polar surface area (TPSA) is 29.1 Å². The van der Waals surface area contributed by atoms with Gasteiger partial charge in [-0.05, 0) is 31.7 Å². The van der Waals surface area contributed by atoms with E-state index in [-0.39, 0.29) is 0 Å². The second-order valence-corrected chi connectivity index (χ2v) is 5.20. The van der Waals surface area contributed by atoms with E-state index in [1.54, 1.807) is 0 Å². The van der Waals surface area contributed by atoms with E-state index in [0.29, 0.717) is 11.7 Å². The van der Waals surface area contributed by atoms with Crippen molar-refractivity contribution in [3.05, 3.63) is 0 Å². The van der Waals surface area contributed by atoms with E-state index < -0.39 is 0 Å². The zero-order chi connectivity index (χ0) is 10.5. The maximum atomic E-state index is 11.9. The van der Waals surface area contributed by atoms with Crippen molar-refractivity contribution in [3.63, 3.8) is 0 Å². The molecule has 0 radical (unpaired) electrons. The second kappa shape index (κ2) is 5.64. The molecule has 1 unspecified atom stereocenters. The summed E-state index contributed by atoms with van der Waals surface area (Å²) in [4.78, 5) is 11.9. The Morgan fingerprint density at radius 3 is 2.60 bits per heavy atom. The molecule has 1 atom stereocenters. The molecule has 1 heterocycles. The minimum Gasteiger partial charge on any atom is -0.316 e. The Hall–Kier alpha value is -0.370. The van der Waals surface area contributed by atoms with Crippen LogP contribution in [0.2, 0.25) is 0 Å². The SMILES string of the molecule is O=C(CCC1CCCC1)C1CCCNC1. The molecule has 86 valence electrons. The highest BCUT2D eigenvalue weighted by atomic mass is 16.1. The van der Waals surface area contributed by atoms with Crippen LogP contribution in [-0.4, -0.2) is 18.9 Å². The predicted molar refractivity (Wildman–Crippen MR) is 61.8 cm³/mol. The van der Waals surface area contributed by atoms with Gasteiger partial charge in [0.1, 0.15) is 5.78 Å². The molecule has 0 bridgehead atoms. The first-order valence-corrected chi connectivity index (χ1v) is 6.59. The fraction of sp³-hybridized carbons (Fsp3) is 0.923. The van der Waals surface area contributed by atoms with Gasteiger partial charge >= 0.3 is 0 Å². The van der Waals surface area contributed by atoms with E-state index >= 15 is 0 Å². The first-order valence-electron chi connectivity index (χ1n) is 6.59. The first kappa shape index (κ1) is 11.1. The minimum atomic E-state index is 0.333. The number of rotatable bonds is 4. The number of nitrogens with one attached hydrogen (secondary N) is 1. The molecule has 1 N–H and O–H groups in total. The zero-order valence-electron chi connectivity index (χ0n) is 9.63. The van der Waals surface area contributed by atoms with Crippen LogP contribution in [0.5, 0.6) is 0 Å². The van der Waals surface area contributed by atoms with Gasteiger partial charge in [0.2, 0.25) is 0 Å². The summed E-state index contributed by atoms with van der Waals surface area (Å²) in [6.07, 6.45) is 9.84. The van der Waals surface area contributed by atoms with Crippen molar-refractivity contribution >= 4 is 5.78 Å². The Labute approximate surface area is 92.8 Å². The van der Waals surface area contributed by atoms with Gasteiger partial charge < -0.3 is 5.32 Å². The van der Waals surface area contributed by atoms with E-state index in [1.165, 1.54) is 32.1 Å². The predicted octanol–water partition coefficient (Wildman–Crippen LogP) is 2.53. The molecule has 1 saturated carbocycles. The summed E-state index contributed by atoms with van der Waals surface area (Å²) in [7, 11) is 0. The van der Waals surface area contributed by atoms with Crippen LogP contribution in [0.3, 0.4) is 0 Å². The molecule has 0 aromatic carbocycles. The summed E-state index contributed by atoms with van der Waals surface area (Å²) < 4.78 is 0. The lowest BCUT2D eigenvalue weighted by molar-refractivity contribution is -0.123. The van der Waals surface area contributed by atoms with Crippen LogP contribution in [-0.2, 0) is 4.79 Å². The minimum absolute atomic E-state index is 0.333. The molecular formula is C13H23NO. The van der Waals surface area contributed by atoms with Crippen molar-refractivity contribution in [2.75, 3.05) is 13.1 Å². The average Bonchev–Trinajstić information content (AvgIpc) is 2.80. The van der Waals surface area contributed by atoms with Crippen molar-refractivity contribution in [1.82, 2.24) is 5.32 Å². The molecule has 0 aromatic heterocycles. The Morgan fingerprint density at radius 1 is 1.13 bits per heavy atom. The Balaban J connectivity index is 1.66. The number of carbonyl (C=O) groups excluding carboxylic acids is 1. The third-order valence-electron chi connectivity index (χ3n) is 4.03. The van der Waals surface area contributed by atoms with Gasteiger partial charge in [-0.25, -0.2) is 0 Å². The van der Waals surface area contributed by atoms with E-state index in [1.807, 2.05) is 0 Å². The standard InChI is InChI=1S/C13H23NO/c15-13(12-6-3-9-14-10-12)8-7-11-4-1-2-5-11/h11-12,14H,1-10H2. The zero-order valence-corrected chi connectivity index (χ0v) is 9.63. The number of hydrogen-bond acceptors (Lipinski definition) is 2. The van der Waals surface area contributed by atoms with Crippen LogP contribution < -0.4 is 5.32 Å². The fourth-order valence-electron chi connectivity index (χ4n) is 2.98. The van der Waals surface area contributed by atoms with Gasteiger partial charge in [0.15, 0.2) is 0 Å². The highest BCUT2D eigenvalue weighted by Crippen LogP contribution is 2.29. The van der Waals surface area contributed by atoms with Gasteiger partial charge in [0, 0.05) is 18.9 Å². The summed E-state index contributed by atoms with van der Waals surface area (Å²) in [6.45, 7) is 2.04. The van der Waals surface area contributed by atoms with Crippen LogP contribution in [0.25, 0.3) is 0 Å². The lowest BCUT2D eigenvalue weighted by Gasteiger charge is -2.22. The molecule has 2 fully saturated rings. The summed E-state index contributed by atoms with van der Waals surface area (Å²) in [6, 6.07) is 0. The average molecular weight is 209 g/mol. The molecular weight excluding hydrogens is 186 g/mol. The first-order chi connectivity index (χ1) is 7.36. The lowest BCUT2D eigenvalue weighted by atomic mass is 9.90. The molecule has 1 aliphatic carbocycles. The number of carbonyl (C=O) groups is 1. The van der Waals surface area contributed by atoms with Gasteiger partial charge in [-0.15, -0.1) is 0 Å². The van der Waals surface area contributed by atoms with Gasteiger partial charge in [-0.1, -0.05) is 25.7 Å². The Kier molecular flexibility index (Phi) is 4.18. The molecule has 2 aliphatic rings. The highest BCUT2D eigenvalue weighted by molar-refractivity contribution is 5.81. The molecule has 2 heteroatoms. The third kappa shape index (κ3) is 3.30. The fourth-order valence-corrected chi connectivity index (χ4v) is 2.98. The molecule has 2 nitrogen and oxygen atoms in total. The van der Waals surface area contributed by atoms with Gasteiger partial charge in [0.25, 0.3) is 0 Å². The maximum Gasteiger partial charge on any atom is 0.137 e. The van der Waals surface area contributed by atoms with E-state index in [9.17, 15) is 4.79 Å². The van der Waals surface area contributed by atoms with Crippen LogP contribution in [0.15, 0.2) is 0 Å². The van der Waals surface area contributed by atoms with Crippen LogP contribution in [0, 0.1) is 11.8 Å². The number of Topliss-reactive ketones (excluding diaryl/α,β-unsaturated/α-hetero) is 1. The Bertz CT molecular complexity index is 203. The lowest BCUT2D eigenvalue weighted by Crippen LogP contribution is -2.34. The summed E-state index contributed by atoms with van der Waals surface area (Å²) in [5, 5.41) is 3.32. The van der Waals surface area contributed by atoms with Crippen molar-refractivity contribution in [2.45, 2.75) is 51.4 Å². The quantitative estimate of drug-likeness (QED) is 0.771. The molecule has 15 heavy (non-hydrogen) atoms. The molecule has 0 spiro atoms. The summed E-state index contributed by atoms with van der Waals surface area (Å²) in [5.41, 5.74) is 0. The highest BCUT2D eigenvalue weighted by Gasteiger charge is 2.22. The largest absolute Gasteiger partial charge is 0.316 e. The third-order valence-corrected chi connectivity index (χ3v) is 4.03. The molecule has 1 saturated heterocycles. The van der Waals surface area contributed by atoms with Gasteiger partial charge in [-0.3, -0.25) is 4.79 Å².